The zero-order chi connectivity index (χ0) is 21.7. The number of hydrazone groups is 1. The molecule has 8 nitrogen and oxygen atoms in total. The third-order valence-corrected chi connectivity index (χ3v) is 5.42. The monoisotopic (exact) mass is 503 g/mol. The third-order valence-electron chi connectivity index (χ3n) is 3.47. The number of anilines is 2. The van der Waals surface area contributed by atoms with Gasteiger partial charge in [0.1, 0.15) is 0 Å². The number of nitrogens with zero attached hydrogens (tertiary/aromatic N) is 4. The second-order valence-corrected chi connectivity index (χ2v) is 8.37. The van der Waals surface area contributed by atoms with Gasteiger partial charge in [-0.05, 0) is 30.3 Å². The molecule has 156 valence electrons. The molecule has 0 saturated carbocycles. The number of nitrogen functional groups attached to an aromatic ring is 1. The number of rotatable bonds is 7. The second-order valence-electron chi connectivity index (χ2n) is 5.71. The minimum atomic E-state index is -0.286. The summed E-state index contributed by atoms with van der Waals surface area (Å²) in [5.74, 6) is 5.88. The Balaban J connectivity index is 1.55. The van der Waals surface area contributed by atoms with Crippen LogP contribution < -0.4 is 16.6 Å². The van der Waals surface area contributed by atoms with Gasteiger partial charge in [-0.25, -0.2) is 10.1 Å². The van der Waals surface area contributed by atoms with Crippen LogP contribution in [0.25, 0.3) is 0 Å². The van der Waals surface area contributed by atoms with E-state index in [1.54, 1.807) is 36.4 Å². The van der Waals surface area contributed by atoms with Gasteiger partial charge in [0.25, 0.3) is 5.95 Å². The van der Waals surface area contributed by atoms with Crippen molar-refractivity contribution in [2.75, 3.05) is 22.3 Å². The van der Waals surface area contributed by atoms with Crippen molar-refractivity contribution in [3.8, 4) is 0 Å². The maximum atomic E-state index is 12.1. The van der Waals surface area contributed by atoms with Crippen LogP contribution >= 0.6 is 58.2 Å². The smallest absolute Gasteiger partial charge is 0.264 e. The number of amides is 1. The molecular formula is C17H13Cl4N7OS. The molecule has 30 heavy (non-hydrogen) atoms. The Kier molecular flexibility index (Phi) is 7.68. The molecule has 0 atom stereocenters. The first-order valence-corrected chi connectivity index (χ1v) is 10.6. The van der Waals surface area contributed by atoms with E-state index in [9.17, 15) is 4.79 Å². The van der Waals surface area contributed by atoms with Crippen molar-refractivity contribution in [3.05, 3.63) is 62.1 Å². The molecule has 0 saturated heterocycles. The van der Waals surface area contributed by atoms with E-state index in [4.69, 9.17) is 52.2 Å². The van der Waals surface area contributed by atoms with Crippen molar-refractivity contribution < 1.29 is 4.79 Å². The highest BCUT2D eigenvalue weighted by atomic mass is 35.5. The standard InChI is InChI=1S/C17H13Cl4N7OS/c18-10-2-1-9(14(21)6-10)7-23-25-16-26-27-17(28(16)22)30-8-15(29)24-13-4-11(19)3-12(20)5-13/h1-7H,8,22H2,(H,24,29)(H,25,26)/b23-7+. The molecule has 13 heteroatoms. The molecule has 0 radical (unpaired) electrons. The summed E-state index contributed by atoms with van der Waals surface area (Å²) in [5.41, 5.74) is 3.81. The first-order valence-electron chi connectivity index (χ1n) is 8.15. The lowest BCUT2D eigenvalue weighted by Crippen LogP contribution is -2.16. The van der Waals surface area contributed by atoms with Crippen molar-refractivity contribution in [2.45, 2.75) is 5.16 Å². The Bertz CT molecular complexity index is 1090. The summed E-state index contributed by atoms with van der Waals surface area (Å²) in [5, 5.41) is 16.7. The van der Waals surface area contributed by atoms with Crippen molar-refractivity contribution >= 4 is 81.9 Å². The number of hydrogen-bond donors (Lipinski definition) is 3. The number of halogens is 4. The van der Waals surface area contributed by atoms with E-state index in [1.165, 1.54) is 10.9 Å². The van der Waals surface area contributed by atoms with Crippen molar-refractivity contribution in [2.24, 2.45) is 5.10 Å². The summed E-state index contributed by atoms with van der Waals surface area (Å²) in [4.78, 5) is 12.1. The summed E-state index contributed by atoms with van der Waals surface area (Å²) in [6.07, 6.45) is 1.49. The van der Waals surface area contributed by atoms with Gasteiger partial charge in [-0.3, -0.25) is 4.79 Å². The number of aromatic nitrogens is 3. The Morgan fingerprint density at radius 3 is 2.53 bits per heavy atom. The highest BCUT2D eigenvalue weighted by molar-refractivity contribution is 7.99. The average molecular weight is 505 g/mol. The topological polar surface area (TPSA) is 110 Å². The van der Waals surface area contributed by atoms with Crippen LogP contribution in [-0.2, 0) is 4.79 Å². The molecule has 2 aromatic carbocycles. The van der Waals surface area contributed by atoms with Gasteiger partial charge in [-0.1, -0.05) is 64.2 Å². The van der Waals surface area contributed by atoms with E-state index in [2.05, 4.69) is 26.0 Å². The number of carbonyl (C=O) groups excluding carboxylic acids is 1. The van der Waals surface area contributed by atoms with Crippen LogP contribution in [0.3, 0.4) is 0 Å². The molecule has 0 aliphatic carbocycles. The quantitative estimate of drug-likeness (QED) is 0.185. The number of thioether (sulfide) groups is 1. The summed E-state index contributed by atoms with van der Waals surface area (Å²) in [7, 11) is 0. The molecule has 4 N–H and O–H groups in total. The van der Waals surface area contributed by atoms with Crippen LogP contribution in [0.1, 0.15) is 5.56 Å². The van der Waals surface area contributed by atoms with Crippen LogP contribution in [-0.4, -0.2) is 32.7 Å². The molecule has 0 unspecified atom stereocenters. The van der Waals surface area contributed by atoms with Gasteiger partial charge in [0.15, 0.2) is 0 Å². The van der Waals surface area contributed by atoms with Crippen LogP contribution in [0.15, 0.2) is 46.7 Å². The molecular weight excluding hydrogens is 492 g/mol. The van der Waals surface area contributed by atoms with E-state index in [0.29, 0.717) is 36.5 Å². The molecule has 1 heterocycles. The number of nitrogens with two attached hydrogens (primary N) is 1. The van der Waals surface area contributed by atoms with Gasteiger partial charge >= 0.3 is 0 Å². The molecule has 0 aliphatic rings. The highest BCUT2D eigenvalue weighted by Crippen LogP contribution is 2.23. The number of benzene rings is 2. The zero-order valence-electron chi connectivity index (χ0n) is 14.9. The minimum Gasteiger partial charge on any atom is -0.334 e. The van der Waals surface area contributed by atoms with E-state index in [0.717, 1.165) is 11.8 Å². The predicted octanol–water partition coefficient (Wildman–Crippen LogP) is 4.78. The number of nitrogens with one attached hydrogen (secondary N) is 2. The fraction of sp³-hybridized carbons (Fsp3) is 0.0588. The summed E-state index contributed by atoms with van der Waals surface area (Å²) >= 11 is 24.9. The average Bonchev–Trinajstić information content (AvgIpc) is 3.01. The van der Waals surface area contributed by atoms with Crippen LogP contribution in [0.4, 0.5) is 11.6 Å². The molecule has 1 amide bonds. The van der Waals surface area contributed by atoms with E-state index in [1.807, 2.05) is 0 Å². The van der Waals surface area contributed by atoms with Crippen LogP contribution in [0, 0.1) is 0 Å². The van der Waals surface area contributed by atoms with Gasteiger partial charge in [-0.15, -0.1) is 10.2 Å². The lowest BCUT2D eigenvalue weighted by molar-refractivity contribution is -0.113. The molecule has 0 spiro atoms. The SMILES string of the molecule is Nn1c(N/N=C/c2ccc(Cl)cc2Cl)nnc1SCC(=O)Nc1cc(Cl)cc(Cl)c1. The fourth-order valence-electron chi connectivity index (χ4n) is 2.17. The van der Waals surface area contributed by atoms with Crippen LogP contribution in [0.5, 0.6) is 0 Å². The maximum Gasteiger partial charge on any atom is 0.264 e. The zero-order valence-corrected chi connectivity index (χ0v) is 18.8. The van der Waals surface area contributed by atoms with E-state index in [-0.39, 0.29) is 17.6 Å². The van der Waals surface area contributed by atoms with Crippen LogP contribution in [0.2, 0.25) is 20.1 Å². The fourth-order valence-corrected chi connectivity index (χ4v) is 3.81. The predicted molar refractivity (Wildman–Crippen MR) is 124 cm³/mol. The Hall–Kier alpha value is -2.17. The molecule has 3 rings (SSSR count). The second kappa shape index (κ2) is 10.2. The Labute approximate surface area is 195 Å². The number of hydrogen-bond acceptors (Lipinski definition) is 7. The first kappa shape index (κ1) is 22.5. The highest BCUT2D eigenvalue weighted by Gasteiger charge is 2.12. The normalized spacial score (nSPS) is 11.1. The van der Waals surface area contributed by atoms with Crippen molar-refractivity contribution in [1.29, 1.82) is 0 Å². The van der Waals surface area contributed by atoms with E-state index >= 15 is 0 Å². The van der Waals surface area contributed by atoms with Crippen molar-refractivity contribution in [3.63, 3.8) is 0 Å². The van der Waals surface area contributed by atoms with E-state index < -0.39 is 0 Å². The largest absolute Gasteiger partial charge is 0.334 e. The lowest BCUT2D eigenvalue weighted by Gasteiger charge is -2.06. The summed E-state index contributed by atoms with van der Waals surface area (Å²) in [6, 6.07) is 9.77. The van der Waals surface area contributed by atoms with Crippen molar-refractivity contribution in [1.82, 2.24) is 14.9 Å². The number of carbonyl (C=O) groups is 1. The van der Waals surface area contributed by atoms with Gasteiger partial charge in [0.05, 0.1) is 17.0 Å². The Morgan fingerprint density at radius 2 is 1.83 bits per heavy atom. The third kappa shape index (κ3) is 6.16. The van der Waals surface area contributed by atoms with Gasteiger partial charge in [0.2, 0.25) is 11.1 Å². The summed E-state index contributed by atoms with van der Waals surface area (Å²) < 4.78 is 1.18. The molecule has 1 aromatic heterocycles. The molecule has 3 aromatic rings. The molecule has 0 bridgehead atoms. The molecule has 0 fully saturated rings. The first-order chi connectivity index (χ1) is 14.3. The lowest BCUT2D eigenvalue weighted by atomic mass is 10.2. The maximum absolute atomic E-state index is 12.1. The molecule has 0 aliphatic heterocycles. The van der Waals surface area contributed by atoms with Gasteiger partial charge in [0, 0.05) is 26.3 Å². The Morgan fingerprint density at radius 1 is 1.10 bits per heavy atom. The van der Waals surface area contributed by atoms with Gasteiger partial charge < -0.3 is 11.2 Å². The van der Waals surface area contributed by atoms with Gasteiger partial charge in [-0.2, -0.15) is 5.10 Å². The summed E-state index contributed by atoms with van der Waals surface area (Å²) in [6.45, 7) is 0. The minimum absolute atomic E-state index is 0.0448.